The Hall–Kier alpha value is -2.11. The Balaban J connectivity index is 1.71. The summed E-state index contributed by atoms with van der Waals surface area (Å²) >= 11 is 10.8. The molecule has 4 rings (SSSR count). The van der Waals surface area contributed by atoms with E-state index in [1.807, 2.05) is 26.0 Å². The number of benzene rings is 1. The van der Waals surface area contributed by atoms with Gasteiger partial charge in [-0.25, -0.2) is 4.98 Å². The SMILES string of the molecule is Cc1c(N(C(F)F)[S+]([O-])c2c(Cl)cc(-c3ccnc(N4CCNCC4)c3)cc2Cl)c(CC(C)C)nn1C. The van der Waals surface area contributed by atoms with Crippen molar-refractivity contribution in [3.63, 3.8) is 0 Å². The number of nitrogens with zero attached hydrogens (tertiary/aromatic N) is 5. The van der Waals surface area contributed by atoms with Crippen molar-refractivity contribution in [2.24, 2.45) is 13.0 Å². The minimum absolute atomic E-state index is 0.0407. The average molecular weight is 572 g/mol. The van der Waals surface area contributed by atoms with E-state index in [2.05, 4.69) is 20.3 Å². The van der Waals surface area contributed by atoms with E-state index in [9.17, 15) is 13.3 Å². The van der Waals surface area contributed by atoms with E-state index in [4.69, 9.17) is 23.2 Å². The molecule has 12 heteroatoms. The molecule has 2 aromatic heterocycles. The molecule has 0 radical (unpaired) electrons. The Kier molecular flexibility index (Phi) is 8.85. The molecule has 1 aromatic carbocycles. The van der Waals surface area contributed by atoms with E-state index in [1.54, 1.807) is 32.3 Å². The van der Waals surface area contributed by atoms with Crippen molar-refractivity contribution in [1.29, 1.82) is 0 Å². The van der Waals surface area contributed by atoms with Crippen LogP contribution in [-0.2, 0) is 24.8 Å². The van der Waals surface area contributed by atoms with E-state index in [1.165, 1.54) is 4.68 Å². The second-order valence-corrected chi connectivity index (χ2v) is 11.5. The lowest BCUT2D eigenvalue weighted by Gasteiger charge is -2.28. The first-order valence-electron chi connectivity index (χ1n) is 12.0. The van der Waals surface area contributed by atoms with E-state index < -0.39 is 17.9 Å². The predicted octanol–water partition coefficient (Wildman–Crippen LogP) is 5.46. The average Bonchev–Trinajstić information content (AvgIpc) is 3.11. The van der Waals surface area contributed by atoms with E-state index in [-0.39, 0.29) is 26.5 Å². The summed E-state index contributed by atoms with van der Waals surface area (Å²) < 4.78 is 44.6. The second-order valence-electron chi connectivity index (χ2n) is 9.36. The molecule has 200 valence electrons. The molecule has 1 aliphatic rings. The quantitative estimate of drug-likeness (QED) is 0.286. The number of rotatable bonds is 8. The fourth-order valence-corrected chi connectivity index (χ4v) is 6.47. The van der Waals surface area contributed by atoms with Gasteiger partial charge in [0.2, 0.25) is 4.90 Å². The van der Waals surface area contributed by atoms with Gasteiger partial charge in [-0.3, -0.25) is 4.68 Å². The van der Waals surface area contributed by atoms with Crippen LogP contribution in [0.4, 0.5) is 20.3 Å². The Bertz CT molecular complexity index is 1230. The number of halogens is 4. The highest BCUT2D eigenvalue weighted by molar-refractivity contribution is 7.93. The highest BCUT2D eigenvalue weighted by atomic mass is 35.5. The lowest BCUT2D eigenvalue weighted by atomic mass is 10.1. The summed E-state index contributed by atoms with van der Waals surface area (Å²) in [5, 5.41) is 7.80. The lowest BCUT2D eigenvalue weighted by Crippen LogP contribution is -2.43. The molecule has 1 fully saturated rings. The van der Waals surface area contributed by atoms with Gasteiger partial charge in [0.1, 0.15) is 32.9 Å². The van der Waals surface area contributed by atoms with Crippen LogP contribution in [-0.4, -0.2) is 52.0 Å². The third kappa shape index (κ3) is 5.98. The number of pyridine rings is 1. The summed E-state index contributed by atoms with van der Waals surface area (Å²) in [6.07, 6.45) is 2.16. The fourth-order valence-electron chi connectivity index (χ4n) is 4.39. The molecule has 7 nitrogen and oxygen atoms in total. The first kappa shape index (κ1) is 27.9. The highest BCUT2D eigenvalue weighted by Crippen LogP contribution is 2.41. The first-order chi connectivity index (χ1) is 17.6. The van der Waals surface area contributed by atoms with Crippen molar-refractivity contribution < 1.29 is 13.3 Å². The monoisotopic (exact) mass is 570 g/mol. The van der Waals surface area contributed by atoms with Crippen LogP contribution in [0.1, 0.15) is 25.2 Å². The van der Waals surface area contributed by atoms with Gasteiger partial charge in [-0.05, 0) is 54.7 Å². The Morgan fingerprint density at radius 1 is 1.14 bits per heavy atom. The summed E-state index contributed by atoms with van der Waals surface area (Å²) in [5.41, 5.74) is 2.56. The van der Waals surface area contributed by atoms with Gasteiger partial charge in [0.05, 0.1) is 11.4 Å². The first-order valence-corrected chi connectivity index (χ1v) is 13.9. The summed E-state index contributed by atoms with van der Waals surface area (Å²) in [5.74, 6) is 0.992. The number of piperazine rings is 1. The molecule has 0 bridgehead atoms. The Morgan fingerprint density at radius 2 is 1.78 bits per heavy atom. The minimum Gasteiger partial charge on any atom is -0.587 e. The molecule has 0 saturated carbocycles. The number of hydrogen-bond acceptors (Lipinski definition) is 6. The molecule has 1 unspecified atom stereocenters. The number of aromatic nitrogens is 3. The van der Waals surface area contributed by atoms with Gasteiger partial charge in [0, 0.05) is 39.4 Å². The Labute approximate surface area is 229 Å². The summed E-state index contributed by atoms with van der Waals surface area (Å²) in [6, 6.07) is 6.97. The number of alkyl halides is 2. The van der Waals surface area contributed by atoms with E-state index in [0.29, 0.717) is 27.7 Å². The molecule has 37 heavy (non-hydrogen) atoms. The van der Waals surface area contributed by atoms with Gasteiger partial charge in [0.15, 0.2) is 0 Å². The molecule has 0 spiro atoms. The normalized spacial score (nSPS) is 15.1. The van der Waals surface area contributed by atoms with E-state index >= 15 is 0 Å². The van der Waals surface area contributed by atoms with Crippen LogP contribution in [0.15, 0.2) is 35.4 Å². The summed E-state index contributed by atoms with van der Waals surface area (Å²) in [4.78, 5) is 6.59. The summed E-state index contributed by atoms with van der Waals surface area (Å²) in [6.45, 7) is 5.97. The second kappa shape index (κ2) is 11.7. The molecule has 1 atom stereocenters. The van der Waals surface area contributed by atoms with Crippen LogP contribution in [0.2, 0.25) is 10.0 Å². The maximum atomic E-state index is 14.5. The Morgan fingerprint density at radius 3 is 2.38 bits per heavy atom. The number of anilines is 2. The van der Waals surface area contributed by atoms with Gasteiger partial charge in [-0.1, -0.05) is 37.0 Å². The molecule has 3 aromatic rings. The zero-order chi connectivity index (χ0) is 26.9. The third-order valence-electron chi connectivity index (χ3n) is 6.24. The van der Waals surface area contributed by atoms with Crippen molar-refractivity contribution in [2.75, 3.05) is 35.4 Å². The maximum Gasteiger partial charge on any atom is 0.352 e. The van der Waals surface area contributed by atoms with Gasteiger partial charge in [-0.15, -0.1) is 4.31 Å². The molecule has 3 heterocycles. The van der Waals surface area contributed by atoms with Crippen molar-refractivity contribution in [1.82, 2.24) is 20.1 Å². The van der Waals surface area contributed by atoms with E-state index in [0.717, 1.165) is 37.6 Å². The minimum atomic E-state index is -3.07. The molecule has 0 aliphatic carbocycles. The van der Waals surface area contributed by atoms with Crippen LogP contribution in [0.5, 0.6) is 0 Å². The topological polar surface area (TPSA) is 72.3 Å². The zero-order valence-electron chi connectivity index (χ0n) is 21.1. The molecular formula is C25H30Cl2F2N6OS. The van der Waals surface area contributed by atoms with Crippen LogP contribution in [0.25, 0.3) is 11.1 Å². The van der Waals surface area contributed by atoms with Crippen LogP contribution < -0.4 is 14.5 Å². The van der Waals surface area contributed by atoms with Gasteiger partial charge in [-0.2, -0.15) is 13.9 Å². The third-order valence-corrected chi connectivity index (χ3v) is 8.55. The molecule has 1 N–H and O–H groups in total. The molecule has 1 saturated heterocycles. The largest absolute Gasteiger partial charge is 0.587 e. The smallest absolute Gasteiger partial charge is 0.352 e. The zero-order valence-corrected chi connectivity index (χ0v) is 23.5. The van der Waals surface area contributed by atoms with Gasteiger partial charge < -0.3 is 14.8 Å². The molecular weight excluding hydrogens is 541 g/mol. The lowest BCUT2D eigenvalue weighted by molar-refractivity contribution is 0.161. The van der Waals surface area contributed by atoms with Gasteiger partial charge >= 0.3 is 6.55 Å². The highest BCUT2D eigenvalue weighted by Gasteiger charge is 2.39. The molecule has 1 aliphatic heterocycles. The number of hydrogen-bond donors (Lipinski definition) is 1. The van der Waals surface area contributed by atoms with Crippen LogP contribution >= 0.6 is 23.2 Å². The van der Waals surface area contributed by atoms with Crippen molar-refractivity contribution in [3.8, 4) is 11.1 Å². The molecule has 0 amide bonds. The fraction of sp³-hybridized carbons (Fsp3) is 0.440. The standard InChI is InChI=1S/C25H30Cl2F2N6OS/c1-15(2)11-21-23(16(3)33(4)32-21)35(25(28)29)37(36)24-19(26)12-18(13-20(24)27)17-5-6-31-22(14-17)34-9-7-30-8-10-34/h5-6,12-15,25,30H,7-11H2,1-4H3. The maximum absolute atomic E-state index is 14.5. The predicted molar refractivity (Wildman–Crippen MR) is 146 cm³/mol. The van der Waals surface area contributed by atoms with Gasteiger partial charge in [0.25, 0.3) is 0 Å². The van der Waals surface area contributed by atoms with Crippen molar-refractivity contribution >= 4 is 46.1 Å². The number of nitrogens with one attached hydrogen (secondary N) is 1. The van der Waals surface area contributed by atoms with Crippen molar-refractivity contribution in [3.05, 3.63) is 51.9 Å². The number of aryl methyl sites for hydroxylation is 1. The van der Waals surface area contributed by atoms with Crippen LogP contribution in [0, 0.1) is 12.8 Å². The van der Waals surface area contributed by atoms with Crippen molar-refractivity contribution in [2.45, 2.75) is 38.6 Å². The summed E-state index contributed by atoms with van der Waals surface area (Å²) in [7, 11) is 1.67. The van der Waals surface area contributed by atoms with Crippen LogP contribution in [0.3, 0.4) is 0 Å².